The molecule has 0 fully saturated rings. The lowest BCUT2D eigenvalue weighted by Gasteiger charge is -2.29. The number of aryl methyl sites for hydroxylation is 2. The number of alkyl carbamates (subject to hydrolysis) is 1. The molecule has 86 heavy (non-hydrogen) atoms. The van der Waals surface area contributed by atoms with E-state index in [-0.39, 0.29) is 94.9 Å². The standard InChI is InChI=1S/C62H92N6O18/c69-56(18-19-61(74)68-50-53-12-7-6-10-51(53)16-17-52-11-8-9-15-55(52)68)63-24-31-77-37-43-83-46-40-80-34-28-66(29-35-81-41-47-84-45-39-79-33-26-65-62(75)86-54-13-4-2-1-3-5-14-54)58(71)23-30-76-36-42-82-48-49-85-44-38-78-32-25-64-57(70)22-27-67-59(72)20-21-60(67)73/h1-2,6-12,15,20-21,54H,3-5,13-14,16-19,22-50H2,(H,63,69)(H,64,70)(H,65,75)/b2-1+/t54-/m0/s1. The molecule has 1 atom stereocenters. The average molecular weight is 1210 g/mol. The number of allylic oxidation sites excluding steroid dienone is 2. The third kappa shape index (κ3) is 30.9. The quantitative estimate of drug-likeness (QED) is 0.0485. The Balaban J connectivity index is 0.859. The van der Waals surface area contributed by atoms with Crippen LogP contribution in [0.5, 0.6) is 0 Å². The second kappa shape index (κ2) is 45.1. The van der Waals surface area contributed by atoms with Crippen LogP contribution in [-0.4, -0.2) is 229 Å². The monoisotopic (exact) mass is 1210 g/mol. The van der Waals surface area contributed by atoms with Crippen LogP contribution in [0.4, 0.5) is 10.5 Å². The molecule has 478 valence electrons. The van der Waals surface area contributed by atoms with Crippen LogP contribution in [0.3, 0.4) is 0 Å². The lowest BCUT2D eigenvalue weighted by molar-refractivity contribution is -0.137. The number of nitrogens with zero attached hydrogens (tertiary/aromatic N) is 3. The summed E-state index contributed by atoms with van der Waals surface area (Å²) in [6.07, 6.45) is 12.9. The summed E-state index contributed by atoms with van der Waals surface area (Å²) in [4.78, 5) is 91.3. The number of hydrogen-bond donors (Lipinski definition) is 3. The Morgan fingerprint density at radius 3 is 1.52 bits per heavy atom. The van der Waals surface area contributed by atoms with E-state index in [0.29, 0.717) is 138 Å². The van der Waals surface area contributed by atoms with Gasteiger partial charge in [0.2, 0.25) is 23.6 Å². The molecule has 0 saturated heterocycles. The number of ether oxygens (including phenoxy) is 11. The van der Waals surface area contributed by atoms with Gasteiger partial charge < -0.3 is 77.9 Å². The van der Waals surface area contributed by atoms with Gasteiger partial charge in [0.25, 0.3) is 11.8 Å². The van der Waals surface area contributed by atoms with E-state index in [2.05, 4.69) is 46.3 Å². The number of amides is 7. The Bertz CT molecular complexity index is 2340. The van der Waals surface area contributed by atoms with E-state index in [4.69, 9.17) is 52.1 Å². The maximum atomic E-state index is 13.5. The Hall–Kier alpha value is -6.19. The van der Waals surface area contributed by atoms with Crippen molar-refractivity contribution < 1.29 is 85.7 Å². The van der Waals surface area contributed by atoms with Gasteiger partial charge in [0.15, 0.2) is 0 Å². The first-order valence-electron chi connectivity index (χ1n) is 30.3. The third-order valence-corrected chi connectivity index (χ3v) is 13.8. The second-order valence-electron chi connectivity index (χ2n) is 20.2. The highest BCUT2D eigenvalue weighted by Gasteiger charge is 2.25. The molecule has 24 heteroatoms. The Labute approximate surface area is 506 Å². The van der Waals surface area contributed by atoms with Crippen LogP contribution in [0, 0.1) is 0 Å². The summed E-state index contributed by atoms with van der Waals surface area (Å²) in [6.45, 7) is 8.42. The number of nitrogens with one attached hydrogen (secondary N) is 3. The molecule has 2 aromatic rings. The van der Waals surface area contributed by atoms with Crippen LogP contribution in [-0.2, 0) is 100 Å². The second-order valence-corrected chi connectivity index (χ2v) is 20.2. The first kappa shape index (κ1) is 70.6. The molecule has 0 unspecified atom stereocenters. The molecule has 0 saturated carbocycles. The fourth-order valence-corrected chi connectivity index (χ4v) is 9.15. The summed E-state index contributed by atoms with van der Waals surface area (Å²) in [6, 6.07) is 16.2. The first-order chi connectivity index (χ1) is 42.2. The third-order valence-electron chi connectivity index (χ3n) is 13.8. The van der Waals surface area contributed by atoms with Gasteiger partial charge in [0.1, 0.15) is 6.10 Å². The summed E-state index contributed by atoms with van der Waals surface area (Å²) in [5, 5.41) is 8.26. The van der Waals surface area contributed by atoms with Crippen molar-refractivity contribution in [1.82, 2.24) is 25.8 Å². The van der Waals surface area contributed by atoms with Gasteiger partial charge in [-0.1, -0.05) is 54.6 Å². The van der Waals surface area contributed by atoms with E-state index in [1.807, 2.05) is 30.3 Å². The average Bonchev–Trinajstić information content (AvgIpc) is 1.78. The molecular weight excluding hydrogens is 1120 g/mol. The minimum atomic E-state index is -0.423. The zero-order valence-corrected chi connectivity index (χ0v) is 50.1. The molecule has 2 aliphatic heterocycles. The molecule has 3 aliphatic rings. The van der Waals surface area contributed by atoms with E-state index in [0.717, 1.165) is 66.7 Å². The Kier molecular flexibility index (Phi) is 37.0. The molecule has 3 N–H and O–H groups in total. The highest BCUT2D eigenvalue weighted by atomic mass is 16.6. The smallest absolute Gasteiger partial charge is 0.407 e. The molecular formula is C62H92N6O18. The number of rotatable bonds is 46. The molecule has 24 nitrogen and oxygen atoms in total. The molecule has 0 bridgehead atoms. The van der Waals surface area contributed by atoms with Gasteiger partial charge in [0.05, 0.1) is 145 Å². The van der Waals surface area contributed by atoms with Gasteiger partial charge in [-0.15, -0.1) is 0 Å². The van der Waals surface area contributed by atoms with Gasteiger partial charge >= 0.3 is 6.09 Å². The number of imide groups is 1. The van der Waals surface area contributed by atoms with Gasteiger partial charge in [-0.05, 0) is 67.7 Å². The SMILES string of the molecule is O=C(CCC(=O)N1Cc2ccccc2CCc2ccccc21)NCCOCCOCCOCCN(CCOCCOCCOCCNC(=O)O[C@H]1CC/C=C/CCC1)C(=O)CCOCCOCCOCCOCCNC(=O)CCN1C(=O)C=CC1=O. The van der Waals surface area contributed by atoms with Crippen LogP contribution < -0.4 is 20.9 Å². The molecule has 2 aromatic carbocycles. The molecule has 1 aliphatic carbocycles. The zero-order chi connectivity index (χ0) is 60.9. The number of hydrogen-bond acceptors (Lipinski definition) is 18. The summed E-state index contributed by atoms with van der Waals surface area (Å²) in [7, 11) is 0. The summed E-state index contributed by atoms with van der Waals surface area (Å²) >= 11 is 0. The van der Waals surface area contributed by atoms with Gasteiger partial charge in [-0.3, -0.25) is 33.7 Å². The molecule has 0 spiro atoms. The highest BCUT2D eigenvalue weighted by Crippen LogP contribution is 2.29. The van der Waals surface area contributed by atoms with Crippen molar-refractivity contribution in [2.45, 2.75) is 83.3 Å². The van der Waals surface area contributed by atoms with Crippen LogP contribution in [0.2, 0.25) is 0 Å². The van der Waals surface area contributed by atoms with Crippen molar-refractivity contribution in [3.8, 4) is 0 Å². The number of fused-ring (bicyclic) bond motifs is 2. The number of carbonyl (C=O) groups is 7. The van der Waals surface area contributed by atoms with Crippen LogP contribution in [0.25, 0.3) is 0 Å². The summed E-state index contributed by atoms with van der Waals surface area (Å²) in [5.41, 5.74) is 4.37. The predicted molar refractivity (Wildman–Crippen MR) is 317 cm³/mol. The van der Waals surface area contributed by atoms with Gasteiger partial charge in [-0.2, -0.15) is 0 Å². The van der Waals surface area contributed by atoms with Crippen LogP contribution >= 0.6 is 0 Å². The van der Waals surface area contributed by atoms with E-state index < -0.39 is 17.9 Å². The topological polar surface area (TPSA) is 267 Å². The minimum Gasteiger partial charge on any atom is -0.446 e. The molecule has 0 radical (unpaired) electrons. The molecule has 5 rings (SSSR count). The number of anilines is 1. The Morgan fingerprint density at radius 2 is 0.942 bits per heavy atom. The van der Waals surface area contributed by atoms with Crippen LogP contribution in [0.1, 0.15) is 74.5 Å². The lowest BCUT2D eigenvalue weighted by Crippen LogP contribution is -2.37. The van der Waals surface area contributed by atoms with Crippen molar-refractivity contribution in [3.05, 3.63) is 89.5 Å². The first-order valence-corrected chi connectivity index (χ1v) is 30.3. The molecule has 0 aromatic heterocycles. The molecule has 7 amide bonds. The Morgan fingerprint density at radius 1 is 0.477 bits per heavy atom. The number of benzene rings is 2. The van der Waals surface area contributed by atoms with Crippen molar-refractivity contribution in [3.63, 3.8) is 0 Å². The zero-order valence-electron chi connectivity index (χ0n) is 50.1. The lowest BCUT2D eigenvalue weighted by atomic mass is 9.95. The van der Waals surface area contributed by atoms with Crippen molar-refractivity contribution in [2.24, 2.45) is 0 Å². The highest BCUT2D eigenvalue weighted by molar-refractivity contribution is 6.13. The normalized spacial score (nSPS) is 15.2. The van der Waals surface area contributed by atoms with Crippen molar-refractivity contribution in [2.75, 3.05) is 176 Å². The minimum absolute atomic E-state index is 0.0171. The van der Waals surface area contributed by atoms with Crippen molar-refractivity contribution >= 4 is 47.2 Å². The summed E-state index contributed by atoms with van der Waals surface area (Å²) < 4.78 is 61.8. The fourth-order valence-electron chi connectivity index (χ4n) is 9.15. The largest absolute Gasteiger partial charge is 0.446 e. The van der Waals surface area contributed by atoms with Crippen LogP contribution in [0.15, 0.2) is 72.8 Å². The van der Waals surface area contributed by atoms with E-state index in [1.165, 1.54) is 17.7 Å². The van der Waals surface area contributed by atoms with E-state index >= 15 is 0 Å². The maximum Gasteiger partial charge on any atom is 0.407 e. The van der Waals surface area contributed by atoms with E-state index in [1.54, 1.807) is 9.80 Å². The molecule has 2 heterocycles. The van der Waals surface area contributed by atoms with Gasteiger partial charge in [0, 0.05) is 76.4 Å². The number of para-hydroxylation sites is 1. The van der Waals surface area contributed by atoms with Gasteiger partial charge in [-0.25, -0.2) is 4.79 Å². The van der Waals surface area contributed by atoms with Crippen molar-refractivity contribution in [1.29, 1.82) is 0 Å². The predicted octanol–water partition coefficient (Wildman–Crippen LogP) is 3.65. The maximum absolute atomic E-state index is 13.5. The number of carbonyl (C=O) groups excluding carboxylic acids is 7. The van der Waals surface area contributed by atoms with E-state index in [9.17, 15) is 33.6 Å². The fraction of sp³-hybridized carbons (Fsp3) is 0.629. The summed E-state index contributed by atoms with van der Waals surface area (Å²) in [5.74, 6) is -1.55.